The number of imidazole rings is 1. The molecule has 0 atom stereocenters. The Morgan fingerprint density at radius 3 is 2.83 bits per heavy atom. The van der Waals surface area contributed by atoms with Gasteiger partial charge in [0, 0.05) is 5.56 Å². The largest absolute Gasteiger partial charge is 0.490 e. The minimum atomic E-state index is -0.666. The fraction of sp³-hybridized carbons (Fsp3) is 0.0667. The summed E-state index contributed by atoms with van der Waals surface area (Å²) >= 11 is 0. The molecule has 0 aliphatic carbocycles. The molecule has 0 aliphatic rings. The van der Waals surface area contributed by atoms with Gasteiger partial charge in [-0.3, -0.25) is 20.1 Å². The number of H-pyrrole nitrogens is 1. The highest BCUT2D eigenvalue weighted by Crippen LogP contribution is 2.36. The Bertz CT molecular complexity index is 950. The van der Waals surface area contributed by atoms with Gasteiger partial charge in [-0.15, -0.1) is 0 Å². The number of ether oxygens (including phenoxy) is 1. The molecule has 0 radical (unpaired) electrons. The molecule has 1 amide bonds. The SMILES string of the molecule is COc1cccc(-c2nc3ccc(C(=O)NO)cc3[nH]2)c1[N+](=O)[O-]. The number of carbonyl (C=O) groups is 1. The van der Waals surface area contributed by atoms with E-state index in [0.717, 1.165) is 0 Å². The zero-order valence-electron chi connectivity index (χ0n) is 12.4. The number of amides is 1. The number of benzene rings is 2. The molecule has 9 heteroatoms. The number of hydrogen-bond donors (Lipinski definition) is 3. The molecule has 9 nitrogen and oxygen atoms in total. The van der Waals surface area contributed by atoms with Crippen molar-refractivity contribution >= 4 is 22.6 Å². The van der Waals surface area contributed by atoms with Crippen molar-refractivity contribution in [3.8, 4) is 17.1 Å². The first-order chi connectivity index (χ1) is 11.5. The second-order valence-corrected chi connectivity index (χ2v) is 4.87. The zero-order chi connectivity index (χ0) is 17.3. The first-order valence-corrected chi connectivity index (χ1v) is 6.81. The summed E-state index contributed by atoms with van der Waals surface area (Å²) in [5.41, 5.74) is 2.86. The van der Waals surface area contributed by atoms with Gasteiger partial charge in [0.25, 0.3) is 5.91 Å². The number of hydroxylamine groups is 1. The number of nitrogens with one attached hydrogen (secondary N) is 2. The maximum absolute atomic E-state index is 11.5. The minimum Gasteiger partial charge on any atom is -0.490 e. The third-order valence-corrected chi connectivity index (χ3v) is 3.50. The van der Waals surface area contributed by atoms with E-state index < -0.39 is 10.8 Å². The van der Waals surface area contributed by atoms with Crippen LogP contribution in [0.25, 0.3) is 22.4 Å². The Labute approximate surface area is 135 Å². The second-order valence-electron chi connectivity index (χ2n) is 4.87. The third kappa shape index (κ3) is 2.52. The summed E-state index contributed by atoms with van der Waals surface area (Å²) in [6, 6.07) is 9.22. The van der Waals surface area contributed by atoms with E-state index in [1.807, 2.05) is 0 Å². The Kier molecular flexibility index (Phi) is 3.84. The summed E-state index contributed by atoms with van der Waals surface area (Å²) < 4.78 is 5.04. The van der Waals surface area contributed by atoms with Crippen LogP contribution >= 0.6 is 0 Å². The average molecular weight is 328 g/mol. The van der Waals surface area contributed by atoms with Crippen molar-refractivity contribution in [2.75, 3.05) is 7.11 Å². The quantitative estimate of drug-likeness (QED) is 0.382. The van der Waals surface area contributed by atoms with Gasteiger partial charge in [-0.2, -0.15) is 0 Å². The molecule has 3 N–H and O–H groups in total. The van der Waals surface area contributed by atoms with Crippen molar-refractivity contribution in [1.29, 1.82) is 0 Å². The lowest BCUT2D eigenvalue weighted by atomic mass is 10.1. The van der Waals surface area contributed by atoms with Crippen molar-refractivity contribution in [3.05, 3.63) is 52.1 Å². The van der Waals surface area contributed by atoms with E-state index in [0.29, 0.717) is 11.0 Å². The van der Waals surface area contributed by atoms with Gasteiger partial charge >= 0.3 is 5.69 Å². The predicted molar refractivity (Wildman–Crippen MR) is 84.0 cm³/mol. The fourth-order valence-electron chi connectivity index (χ4n) is 2.41. The van der Waals surface area contributed by atoms with Gasteiger partial charge in [-0.05, 0) is 30.3 Å². The molecule has 1 heterocycles. The molecular weight excluding hydrogens is 316 g/mol. The van der Waals surface area contributed by atoms with Crippen molar-refractivity contribution in [2.24, 2.45) is 0 Å². The van der Waals surface area contributed by atoms with Crippen molar-refractivity contribution in [3.63, 3.8) is 0 Å². The van der Waals surface area contributed by atoms with Gasteiger partial charge < -0.3 is 9.72 Å². The molecule has 0 saturated carbocycles. The smallest absolute Gasteiger partial charge is 0.321 e. The maximum atomic E-state index is 11.5. The fourth-order valence-corrected chi connectivity index (χ4v) is 2.41. The minimum absolute atomic E-state index is 0.123. The number of hydrogen-bond acceptors (Lipinski definition) is 6. The molecule has 2 aromatic carbocycles. The highest BCUT2D eigenvalue weighted by Gasteiger charge is 2.23. The number of aromatic amines is 1. The number of nitro benzene ring substituents is 1. The number of nitro groups is 1. The Balaban J connectivity index is 2.17. The summed E-state index contributed by atoms with van der Waals surface area (Å²) in [6.45, 7) is 0. The average Bonchev–Trinajstić information content (AvgIpc) is 3.03. The van der Waals surface area contributed by atoms with E-state index in [1.165, 1.54) is 25.3 Å². The van der Waals surface area contributed by atoms with Gasteiger partial charge in [0.05, 0.1) is 28.6 Å². The summed E-state index contributed by atoms with van der Waals surface area (Å²) in [7, 11) is 1.35. The molecule has 0 unspecified atom stereocenters. The Morgan fingerprint density at radius 2 is 2.17 bits per heavy atom. The highest BCUT2D eigenvalue weighted by atomic mass is 16.6. The van der Waals surface area contributed by atoms with Gasteiger partial charge in [-0.1, -0.05) is 6.07 Å². The lowest BCUT2D eigenvalue weighted by Gasteiger charge is -2.04. The molecule has 1 aromatic heterocycles. The van der Waals surface area contributed by atoms with Crippen LogP contribution in [-0.4, -0.2) is 33.1 Å². The normalized spacial score (nSPS) is 10.6. The number of rotatable bonds is 4. The van der Waals surface area contributed by atoms with Crippen LogP contribution in [0.3, 0.4) is 0 Å². The number of para-hydroxylation sites is 1. The van der Waals surface area contributed by atoms with E-state index in [1.54, 1.807) is 23.7 Å². The molecule has 0 aliphatic heterocycles. The van der Waals surface area contributed by atoms with Crippen molar-refractivity contribution < 1.29 is 19.7 Å². The monoisotopic (exact) mass is 328 g/mol. The van der Waals surface area contributed by atoms with Gasteiger partial charge in [0.15, 0.2) is 5.75 Å². The zero-order valence-corrected chi connectivity index (χ0v) is 12.4. The highest BCUT2D eigenvalue weighted by molar-refractivity contribution is 5.97. The van der Waals surface area contributed by atoms with Gasteiger partial charge in [-0.25, -0.2) is 10.5 Å². The molecule has 0 saturated heterocycles. The number of nitrogens with zero attached hydrogens (tertiary/aromatic N) is 2. The van der Waals surface area contributed by atoms with Crippen LogP contribution in [-0.2, 0) is 0 Å². The molecule has 3 rings (SSSR count). The van der Waals surface area contributed by atoms with Crippen LogP contribution in [0.5, 0.6) is 5.75 Å². The second kappa shape index (κ2) is 5.97. The molecule has 0 fully saturated rings. The van der Waals surface area contributed by atoms with Gasteiger partial charge in [0.2, 0.25) is 0 Å². The van der Waals surface area contributed by atoms with Crippen LogP contribution < -0.4 is 10.2 Å². The molecular formula is C15H12N4O5. The third-order valence-electron chi connectivity index (χ3n) is 3.50. The van der Waals surface area contributed by atoms with E-state index in [9.17, 15) is 14.9 Å². The number of fused-ring (bicyclic) bond motifs is 1. The topological polar surface area (TPSA) is 130 Å². The molecule has 122 valence electrons. The van der Waals surface area contributed by atoms with Crippen LogP contribution in [0.15, 0.2) is 36.4 Å². The summed E-state index contributed by atoms with van der Waals surface area (Å²) in [5.74, 6) is -0.268. The Hall–Kier alpha value is -3.46. The van der Waals surface area contributed by atoms with E-state index in [2.05, 4.69) is 9.97 Å². The van der Waals surface area contributed by atoms with Crippen molar-refractivity contribution in [1.82, 2.24) is 15.4 Å². The van der Waals surface area contributed by atoms with E-state index in [4.69, 9.17) is 9.94 Å². The van der Waals surface area contributed by atoms with E-state index >= 15 is 0 Å². The lowest BCUT2D eigenvalue weighted by Crippen LogP contribution is -2.18. The predicted octanol–water partition coefficient (Wildman–Crippen LogP) is 2.27. The Morgan fingerprint density at radius 1 is 1.38 bits per heavy atom. The first kappa shape index (κ1) is 15.4. The van der Waals surface area contributed by atoms with Crippen LogP contribution in [0, 0.1) is 10.1 Å². The summed E-state index contributed by atoms with van der Waals surface area (Å²) in [4.78, 5) is 29.6. The standard InChI is InChI=1S/C15H12N4O5/c1-24-12-4-2-3-9(13(12)19(22)23)14-16-10-6-5-8(15(20)18-21)7-11(10)17-14/h2-7,21H,1H3,(H,16,17)(H,18,20). The summed E-state index contributed by atoms with van der Waals surface area (Å²) in [5, 5.41) is 20.1. The molecule has 3 aromatic rings. The maximum Gasteiger partial charge on any atom is 0.321 e. The van der Waals surface area contributed by atoms with E-state index in [-0.39, 0.29) is 28.4 Å². The number of methoxy groups -OCH3 is 1. The van der Waals surface area contributed by atoms with Gasteiger partial charge in [0.1, 0.15) is 5.82 Å². The van der Waals surface area contributed by atoms with Crippen LogP contribution in [0.2, 0.25) is 0 Å². The lowest BCUT2D eigenvalue weighted by molar-refractivity contribution is -0.385. The number of aromatic nitrogens is 2. The van der Waals surface area contributed by atoms with Crippen molar-refractivity contribution in [2.45, 2.75) is 0 Å². The molecule has 0 spiro atoms. The van der Waals surface area contributed by atoms with Crippen LogP contribution in [0.1, 0.15) is 10.4 Å². The molecule has 0 bridgehead atoms. The first-order valence-electron chi connectivity index (χ1n) is 6.81. The van der Waals surface area contributed by atoms with Crippen LogP contribution in [0.4, 0.5) is 5.69 Å². The molecule has 24 heavy (non-hydrogen) atoms. The number of carbonyl (C=O) groups excluding carboxylic acids is 1. The summed E-state index contributed by atoms with van der Waals surface area (Å²) in [6.07, 6.45) is 0.